The fourth-order valence-electron chi connectivity index (χ4n) is 3.23. The molecular formula is C24H20ClN3OS. The SMILES string of the molecule is Cc1cc(C(Nc2ccccn2)c2cccc(Cl)c2)c(NC(=O)c2ccccc2)s1. The Kier molecular flexibility index (Phi) is 6.12. The van der Waals surface area contributed by atoms with Crippen LogP contribution in [0.1, 0.15) is 32.4 Å². The van der Waals surface area contributed by atoms with Crippen molar-refractivity contribution in [2.45, 2.75) is 13.0 Å². The first kappa shape index (κ1) is 20.1. The molecule has 0 radical (unpaired) electrons. The van der Waals surface area contributed by atoms with Crippen LogP contribution in [-0.4, -0.2) is 10.9 Å². The van der Waals surface area contributed by atoms with E-state index in [-0.39, 0.29) is 11.9 Å². The highest BCUT2D eigenvalue weighted by molar-refractivity contribution is 7.16. The van der Waals surface area contributed by atoms with E-state index >= 15 is 0 Å². The van der Waals surface area contributed by atoms with Crippen molar-refractivity contribution in [1.82, 2.24) is 4.98 Å². The summed E-state index contributed by atoms with van der Waals surface area (Å²) in [6, 6.07) is 24.5. The quantitative estimate of drug-likeness (QED) is 0.362. The van der Waals surface area contributed by atoms with Crippen LogP contribution in [0.2, 0.25) is 5.02 Å². The lowest BCUT2D eigenvalue weighted by atomic mass is 10.00. The number of hydrogen-bond donors (Lipinski definition) is 2. The van der Waals surface area contributed by atoms with Crippen LogP contribution < -0.4 is 10.6 Å². The molecular weight excluding hydrogens is 414 g/mol. The third kappa shape index (κ3) is 4.70. The number of rotatable bonds is 6. The van der Waals surface area contributed by atoms with Gasteiger partial charge in [-0.2, -0.15) is 0 Å². The fraction of sp³-hybridized carbons (Fsp3) is 0.0833. The number of aryl methyl sites for hydroxylation is 1. The topological polar surface area (TPSA) is 54.0 Å². The molecule has 1 unspecified atom stereocenters. The van der Waals surface area contributed by atoms with Crippen LogP contribution in [0.3, 0.4) is 0 Å². The number of halogens is 1. The van der Waals surface area contributed by atoms with Crippen LogP contribution in [0.5, 0.6) is 0 Å². The second-order valence-corrected chi connectivity index (χ2v) is 8.50. The number of hydrogen-bond acceptors (Lipinski definition) is 4. The van der Waals surface area contributed by atoms with E-state index in [4.69, 9.17) is 11.6 Å². The zero-order valence-corrected chi connectivity index (χ0v) is 17.9. The number of aromatic nitrogens is 1. The Hall–Kier alpha value is -3.15. The minimum atomic E-state index is -0.227. The maximum atomic E-state index is 12.8. The molecule has 4 rings (SSSR count). The molecule has 4 aromatic rings. The van der Waals surface area contributed by atoms with Gasteiger partial charge in [-0.15, -0.1) is 11.3 Å². The van der Waals surface area contributed by atoms with Crippen molar-refractivity contribution in [2.24, 2.45) is 0 Å². The Morgan fingerprint density at radius 2 is 1.80 bits per heavy atom. The molecule has 6 heteroatoms. The van der Waals surface area contributed by atoms with Gasteiger partial charge in [0, 0.05) is 27.2 Å². The van der Waals surface area contributed by atoms with Crippen LogP contribution >= 0.6 is 22.9 Å². The highest BCUT2D eigenvalue weighted by atomic mass is 35.5. The lowest BCUT2D eigenvalue weighted by molar-refractivity contribution is 0.102. The number of anilines is 2. The van der Waals surface area contributed by atoms with E-state index < -0.39 is 0 Å². The van der Waals surface area contributed by atoms with Crippen molar-refractivity contribution in [3.8, 4) is 0 Å². The number of thiophene rings is 1. The van der Waals surface area contributed by atoms with E-state index in [1.165, 1.54) is 0 Å². The first-order chi connectivity index (χ1) is 14.6. The van der Waals surface area contributed by atoms with Gasteiger partial charge < -0.3 is 10.6 Å². The molecule has 2 aromatic heterocycles. The van der Waals surface area contributed by atoms with Gasteiger partial charge in [-0.3, -0.25) is 4.79 Å². The van der Waals surface area contributed by atoms with Crippen molar-refractivity contribution in [3.05, 3.63) is 112 Å². The Morgan fingerprint density at radius 3 is 2.53 bits per heavy atom. The van der Waals surface area contributed by atoms with Crippen molar-refractivity contribution in [2.75, 3.05) is 10.6 Å². The molecule has 4 nitrogen and oxygen atoms in total. The first-order valence-corrected chi connectivity index (χ1v) is 10.7. The van der Waals surface area contributed by atoms with E-state index in [0.29, 0.717) is 10.6 Å². The van der Waals surface area contributed by atoms with Gasteiger partial charge in [0.2, 0.25) is 0 Å². The molecule has 1 amide bonds. The Bertz CT molecular complexity index is 1150. The Labute approximate surface area is 184 Å². The lowest BCUT2D eigenvalue weighted by Gasteiger charge is -2.21. The summed E-state index contributed by atoms with van der Waals surface area (Å²) < 4.78 is 0. The molecule has 30 heavy (non-hydrogen) atoms. The number of benzene rings is 2. The van der Waals surface area contributed by atoms with Crippen molar-refractivity contribution in [1.29, 1.82) is 0 Å². The zero-order chi connectivity index (χ0) is 20.9. The summed E-state index contributed by atoms with van der Waals surface area (Å²) >= 11 is 7.83. The molecule has 150 valence electrons. The number of nitrogens with zero attached hydrogens (tertiary/aromatic N) is 1. The summed E-state index contributed by atoms with van der Waals surface area (Å²) in [5.74, 6) is 0.605. The fourth-order valence-corrected chi connectivity index (χ4v) is 4.38. The minimum absolute atomic E-state index is 0.138. The van der Waals surface area contributed by atoms with Gasteiger partial charge in [-0.25, -0.2) is 4.98 Å². The lowest BCUT2D eigenvalue weighted by Crippen LogP contribution is -2.17. The maximum absolute atomic E-state index is 12.8. The van der Waals surface area contributed by atoms with Crippen LogP contribution in [-0.2, 0) is 0 Å². The third-order valence-corrected chi connectivity index (χ3v) is 5.81. The highest BCUT2D eigenvalue weighted by Gasteiger charge is 2.22. The molecule has 0 saturated carbocycles. The normalized spacial score (nSPS) is 11.7. The second kappa shape index (κ2) is 9.11. The number of nitrogens with one attached hydrogen (secondary N) is 2. The first-order valence-electron chi connectivity index (χ1n) is 9.50. The highest BCUT2D eigenvalue weighted by Crippen LogP contribution is 2.38. The molecule has 1 atom stereocenters. The van der Waals surface area contributed by atoms with Gasteiger partial charge in [0.1, 0.15) is 10.8 Å². The average molecular weight is 434 g/mol. The van der Waals surface area contributed by atoms with Crippen molar-refractivity contribution < 1.29 is 4.79 Å². The van der Waals surface area contributed by atoms with Crippen molar-refractivity contribution in [3.63, 3.8) is 0 Å². The molecule has 2 heterocycles. The summed E-state index contributed by atoms with van der Waals surface area (Å²) in [6.45, 7) is 2.03. The van der Waals surface area contributed by atoms with Crippen molar-refractivity contribution >= 4 is 39.7 Å². The predicted molar refractivity (Wildman–Crippen MR) is 125 cm³/mol. The number of carbonyl (C=O) groups excluding carboxylic acids is 1. The van der Waals surface area contributed by atoms with E-state index in [9.17, 15) is 4.79 Å². The van der Waals surface area contributed by atoms with Gasteiger partial charge in [-0.05, 0) is 55.0 Å². The van der Waals surface area contributed by atoms with Crippen LogP contribution in [0.25, 0.3) is 0 Å². The monoisotopic (exact) mass is 433 g/mol. The summed E-state index contributed by atoms with van der Waals surface area (Å²) in [5.41, 5.74) is 2.57. The molecule has 2 N–H and O–H groups in total. The largest absolute Gasteiger partial charge is 0.359 e. The summed E-state index contributed by atoms with van der Waals surface area (Å²) in [4.78, 5) is 18.3. The summed E-state index contributed by atoms with van der Waals surface area (Å²) in [5, 5.41) is 8.03. The zero-order valence-electron chi connectivity index (χ0n) is 16.3. The predicted octanol–water partition coefficient (Wildman–Crippen LogP) is 6.56. The molecule has 0 bridgehead atoms. The smallest absolute Gasteiger partial charge is 0.256 e. The number of pyridine rings is 1. The van der Waals surface area contributed by atoms with E-state index in [0.717, 1.165) is 26.8 Å². The average Bonchev–Trinajstić information content (AvgIpc) is 3.13. The molecule has 0 aliphatic carbocycles. The van der Waals surface area contributed by atoms with Crippen LogP contribution in [0.4, 0.5) is 10.8 Å². The molecule has 0 spiro atoms. The number of carbonyl (C=O) groups is 1. The maximum Gasteiger partial charge on any atom is 0.256 e. The standard InChI is InChI=1S/C24H20ClN3OS/c1-16-14-20(24(30-16)28-23(29)17-8-3-2-4-9-17)22(18-10-7-11-19(25)15-18)27-21-12-5-6-13-26-21/h2-15,22H,1H3,(H,26,27)(H,28,29). The van der Waals surface area contributed by atoms with Gasteiger partial charge in [-0.1, -0.05) is 48.0 Å². The van der Waals surface area contributed by atoms with Gasteiger partial charge in [0.25, 0.3) is 5.91 Å². The molecule has 2 aromatic carbocycles. The van der Waals surface area contributed by atoms with Crippen LogP contribution in [0, 0.1) is 6.92 Å². The second-order valence-electron chi connectivity index (χ2n) is 6.81. The van der Waals surface area contributed by atoms with Gasteiger partial charge >= 0.3 is 0 Å². The summed E-state index contributed by atoms with van der Waals surface area (Å²) in [6.07, 6.45) is 1.74. The Morgan fingerprint density at radius 1 is 1.00 bits per heavy atom. The van der Waals surface area contributed by atoms with Gasteiger partial charge in [0.15, 0.2) is 0 Å². The van der Waals surface area contributed by atoms with Gasteiger partial charge in [0.05, 0.1) is 6.04 Å². The van der Waals surface area contributed by atoms with E-state index in [1.807, 2.05) is 67.6 Å². The molecule has 0 aliphatic heterocycles. The number of amides is 1. The minimum Gasteiger partial charge on any atom is -0.359 e. The van der Waals surface area contributed by atoms with Crippen LogP contribution in [0.15, 0.2) is 85.1 Å². The molecule has 0 saturated heterocycles. The summed E-state index contributed by atoms with van der Waals surface area (Å²) in [7, 11) is 0. The third-order valence-electron chi connectivity index (χ3n) is 4.60. The van der Waals surface area contributed by atoms with E-state index in [1.54, 1.807) is 29.7 Å². The molecule has 0 fully saturated rings. The Balaban J connectivity index is 1.72. The van der Waals surface area contributed by atoms with E-state index in [2.05, 4.69) is 21.7 Å². The molecule has 0 aliphatic rings.